The van der Waals surface area contributed by atoms with Crippen LogP contribution in [0.2, 0.25) is 0 Å². The predicted molar refractivity (Wildman–Crippen MR) is 135 cm³/mol. The molecule has 0 spiro atoms. The monoisotopic (exact) mass is 474 g/mol. The van der Waals surface area contributed by atoms with Gasteiger partial charge in [-0.05, 0) is 61.2 Å². The van der Waals surface area contributed by atoms with Gasteiger partial charge in [-0.1, -0.05) is 54.6 Å². The standard InChI is InChI=1S/C28H27FN2O2S/c1-20-8-3-6-13-27(20)34(32,33)30-16-14-23(15-17-30)28-21(2)31(26-12-5-4-11-25(26)28)19-22-9-7-10-24(29)18-22/h3-14,18H,15-17,19H2,1-2H3. The summed E-state index contributed by atoms with van der Waals surface area (Å²) in [4.78, 5) is 0.370. The number of benzene rings is 3. The van der Waals surface area contributed by atoms with Crippen LogP contribution in [0.4, 0.5) is 4.39 Å². The molecule has 6 heteroatoms. The third-order valence-corrected chi connectivity index (χ3v) is 8.69. The van der Waals surface area contributed by atoms with E-state index in [1.807, 2.05) is 43.3 Å². The molecule has 3 aromatic carbocycles. The molecule has 0 bridgehead atoms. The first-order chi connectivity index (χ1) is 16.4. The average Bonchev–Trinajstić information content (AvgIpc) is 3.10. The molecule has 0 saturated heterocycles. The third-order valence-electron chi connectivity index (χ3n) is 6.66. The van der Waals surface area contributed by atoms with E-state index in [9.17, 15) is 12.8 Å². The highest BCUT2D eigenvalue weighted by Gasteiger charge is 2.29. The Kier molecular flexibility index (Phi) is 5.88. The Hall–Kier alpha value is -3.22. The lowest BCUT2D eigenvalue weighted by atomic mass is 9.97. The van der Waals surface area contributed by atoms with Crippen molar-refractivity contribution in [1.82, 2.24) is 8.87 Å². The molecule has 1 aromatic heterocycles. The molecule has 4 nitrogen and oxygen atoms in total. The second-order valence-corrected chi connectivity index (χ2v) is 10.7. The van der Waals surface area contributed by atoms with Crippen molar-refractivity contribution < 1.29 is 12.8 Å². The summed E-state index contributed by atoms with van der Waals surface area (Å²) in [5, 5.41) is 1.14. The second-order valence-electron chi connectivity index (χ2n) is 8.80. The first kappa shape index (κ1) is 22.6. The molecule has 4 aromatic rings. The van der Waals surface area contributed by atoms with E-state index in [1.165, 1.54) is 6.07 Å². The summed E-state index contributed by atoms with van der Waals surface area (Å²) >= 11 is 0. The largest absolute Gasteiger partial charge is 0.340 e. The molecule has 34 heavy (non-hydrogen) atoms. The Morgan fingerprint density at radius 1 is 0.941 bits per heavy atom. The van der Waals surface area contributed by atoms with Gasteiger partial charge in [0.2, 0.25) is 10.0 Å². The number of para-hydroxylation sites is 1. The quantitative estimate of drug-likeness (QED) is 0.360. The summed E-state index contributed by atoms with van der Waals surface area (Å²) in [6, 6.07) is 22.1. The summed E-state index contributed by atoms with van der Waals surface area (Å²) in [6.07, 6.45) is 2.68. The van der Waals surface area contributed by atoms with Gasteiger partial charge in [-0.25, -0.2) is 12.8 Å². The zero-order valence-electron chi connectivity index (χ0n) is 19.3. The number of hydrogen-bond donors (Lipinski definition) is 0. The SMILES string of the molecule is Cc1ccccc1S(=O)(=O)N1CC=C(c2c(C)n(Cc3cccc(F)c3)c3ccccc23)CC1. The molecule has 174 valence electrons. The third kappa shape index (κ3) is 3.97. The average molecular weight is 475 g/mol. The minimum atomic E-state index is -3.54. The number of aryl methyl sites for hydroxylation is 1. The van der Waals surface area contributed by atoms with E-state index in [0.717, 1.165) is 38.9 Å². The molecular weight excluding hydrogens is 447 g/mol. The maximum Gasteiger partial charge on any atom is 0.243 e. The summed E-state index contributed by atoms with van der Waals surface area (Å²) in [5.41, 5.74) is 6.17. The van der Waals surface area contributed by atoms with Crippen molar-refractivity contribution in [3.63, 3.8) is 0 Å². The van der Waals surface area contributed by atoms with Crippen LogP contribution in [0.15, 0.2) is 83.8 Å². The number of fused-ring (bicyclic) bond motifs is 1. The summed E-state index contributed by atoms with van der Waals surface area (Å²) in [7, 11) is -3.54. The fourth-order valence-electron chi connectivity index (χ4n) is 4.94. The maximum absolute atomic E-state index is 13.8. The van der Waals surface area contributed by atoms with Gasteiger partial charge in [-0.15, -0.1) is 0 Å². The van der Waals surface area contributed by atoms with Crippen LogP contribution in [0.25, 0.3) is 16.5 Å². The topological polar surface area (TPSA) is 42.3 Å². The highest BCUT2D eigenvalue weighted by molar-refractivity contribution is 7.89. The minimum Gasteiger partial charge on any atom is -0.340 e. The van der Waals surface area contributed by atoms with Gasteiger partial charge < -0.3 is 4.57 Å². The Bertz CT molecular complexity index is 1520. The number of sulfonamides is 1. The Labute approximate surface area is 200 Å². The van der Waals surface area contributed by atoms with Crippen molar-refractivity contribution in [2.45, 2.75) is 31.7 Å². The minimum absolute atomic E-state index is 0.239. The Morgan fingerprint density at radius 2 is 1.71 bits per heavy atom. The molecule has 5 rings (SSSR count). The van der Waals surface area contributed by atoms with Crippen molar-refractivity contribution in [3.8, 4) is 0 Å². The van der Waals surface area contributed by atoms with Gasteiger partial charge in [0.1, 0.15) is 5.82 Å². The fraction of sp³-hybridized carbons (Fsp3) is 0.214. The van der Waals surface area contributed by atoms with Crippen molar-refractivity contribution in [2.75, 3.05) is 13.1 Å². The molecule has 0 saturated carbocycles. The molecule has 0 atom stereocenters. The lowest BCUT2D eigenvalue weighted by Crippen LogP contribution is -2.35. The van der Waals surface area contributed by atoms with Gasteiger partial charge in [-0.2, -0.15) is 4.31 Å². The molecule has 1 aliphatic rings. The van der Waals surface area contributed by atoms with Crippen LogP contribution in [0.3, 0.4) is 0 Å². The first-order valence-corrected chi connectivity index (χ1v) is 12.9. The van der Waals surface area contributed by atoms with E-state index in [-0.39, 0.29) is 5.82 Å². The molecule has 0 N–H and O–H groups in total. The van der Waals surface area contributed by atoms with Crippen molar-refractivity contribution in [1.29, 1.82) is 0 Å². The lowest BCUT2D eigenvalue weighted by Gasteiger charge is -2.26. The maximum atomic E-state index is 13.8. The molecule has 0 aliphatic carbocycles. The molecule has 0 fully saturated rings. The van der Waals surface area contributed by atoms with E-state index in [0.29, 0.717) is 31.0 Å². The van der Waals surface area contributed by atoms with Crippen molar-refractivity contribution in [3.05, 3.63) is 107 Å². The summed E-state index contributed by atoms with van der Waals surface area (Å²) in [6.45, 7) is 5.27. The van der Waals surface area contributed by atoms with E-state index in [1.54, 1.807) is 28.6 Å². The van der Waals surface area contributed by atoms with Crippen LogP contribution in [0.1, 0.15) is 28.8 Å². The lowest BCUT2D eigenvalue weighted by molar-refractivity contribution is 0.441. The van der Waals surface area contributed by atoms with Crippen LogP contribution in [0.5, 0.6) is 0 Å². The van der Waals surface area contributed by atoms with Gasteiger partial charge in [0.05, 0.1) is 4.90 Å². The van der Waals surface area contributed by atoms with Gasteiger partial charge in [0.15, 0.2) is 0 Å². The van der Waals surface area contributed by atoms with Crippen LogP contribution in [0, 0.1) is 19.7 Å². The molecule has 0 unspecified atom stereocenters. The molecule has 1 aliphatic heterocycles. The zero-order valence-corrected chi connectivity index (χ0v) is 20.1. The molecule has 2 heterocycles. The molecule has 0 amide bonds. The number of rotatable bonds is 5. The van der Waals surface area contributed by atoms with Crippen molar-refractivity contribution >= 4 is 26.5 Å². The second kappa shape index (κ2) is 8.85. The van der Waals surface area contributed by atoms with Crippen molar-refractivity contribution in [2.24, 2.45) is 0 Å². The van der Waals surface area contributed by atoms with Gasteiger partial charge in [-0.3, -0.25) is 0 Å². The van der Waals surface area contributed by atoms with Gasteiger partial charge in [0.25, 0.3) is 0 Å². The first-order valence-electron chi connectivity index (χ1n) is 11.4. The Balaban J connectivity index is 1.50. The Morgan fingerprint density at radius 3 is 2.44 bits per heavy atom. The predicted octanol–water partition coefficient (Wildman–Crippen LogP) is 5.92. The van der Waals surface area contributed by atoms with Crippen LogP contribution < -0.4 is 0 Å². The van der Waals surface area contributed by atoms with E-state index in [2.05, 4.69) is 23.6 Å². The molecule has 0 radical (unpaired) electrons. The zero-order chi connectivity index (χ0) is 23.9. The summed E-state index contributed by atoms with van der Waals surface area (Å²) < 4.78 is 44.0. The molecular formula is C28H27FN2O2S. The van der Waals surface area contributed by atoms with Gasteiger partial charge in [0, 0.05) is 41.8 Å². The number of hydrogen-bond acceptors (Lipinski definition) is 2. The van der Waals surface area contributed by atoms with Gasteiger partial charge >= 0.3 is 0 Å². The smallest absolute Gasteiger partial charge is 0.243 e. The highest BCUT2D eigenvalue weighted by atomic mass is 32.2. The van der Waals surface area contributed by atoms with Crippen LogP contribution >= 0.6 is 0 Å². The van der Waals surface area contributed by atoms with Crippen LogP contribution in [-0.2, 0) is 16.6 Å². The number of halogens is 1. The fourth-order valence-corrected chi connectivity index (χ4v) is 6.54. The summed E-state index contributed by atoms with van der Waals surface area (Å²) in [5.74, 6) is -0.239. The number of nitrogens with zero attached hydrogens (tertiary/aromatic N) is 2. The normalized spacial score (nSPS) is 15.0. The number of aromatic nitrogens is 1. The van der Waals surface area contributed by atoms with Crippen LogP contribution in [-0.4, -0.2) is 30.4 Å². The van der Waals surface area contributed by atoms with E-state index < -0.39 is 10.0 Å². The van der Waals surface area contributed by atoms with E-state index in [4.69, 9.17) is 0 Å². The van der Waals surface area contributed by atoms with E-state index >= 15 is 0 Å². The highest BCUT2D eigenvalue weighted by Crippen LogP contribution is 2.36.